The molecule has 0 atom stereocenters. The van der Waals surface area contributed by atoms with Crippen molar-refractivity contribution in [3.8, 4) is 0 Å². The Kier molecular flexibility index (Phi) is 4.75. The van der Waals surface area contributed by atoms with Gasteiger partial charge in [0, 0.05) is 31.6 Å². The Morgan fingerprint density at radius 3 is 2.67 bits per heavy atom. The average Bonchev–Trinajstić information content (AvgIpc) is 3.10. The van der Waals surface area contributed by atoms with Gasteiger partial charge in [0.1, 0.15) is 10.6 Å². The summed E-state index contributed by atoms with van der Waals surface area (Å²) < 4.78 is 32.2. The zero-order valence-electron chi connectivity index (χ0n) is 13.6. The molecule has 0 aliphatic carbocycles. The number of hydrogen-bond acceptors (Lipinski definition) is 6. The Morgan fingerprint density at radius 1 is 1.25 bits per heavy atom. The molecule has 3 rings (SSSR count). The Morgan fingerprint density at radius 2 is 2.04 bits per heavy atom. The number of sulfonamides is 1. The van der Waals surface area contributed by atoms with Crippen molar-refractivity contribution in [2.24, 2.45) is 0 Å². The molecule has 1 saturated heterocycles. The summed E-state index contributed by atoms with van der Waals surface area (Å²) in [6.45, 7) is 4.77. The van der Waals surface area contributed by atoms with E-state index in [0.717, 1.165) is 0 Å². The molecule has 1 amide bonds. The first kappa shape index (κ1) is 17.1. The summed E-state index contributed by atoms with van der Waals surface area (Å²) in [5.74, 6) is 0.246. The zero-order chi connectivity index (χ0) is 17.3. The van der Waals surface area contributed by atoms with Gasteiger partial charge in [0.15, 0.2) is 5.76 Å². The van der Waals surface area contributed by atoms with Crippen molar-refractivity contribution < 1.29 is 17.7 Å². The van der Waals surface area contributed by atoms with Crippen molar-refractivity contribution in [1.29, 1.82) is 0 Å². The molecule has 7 nitrogen and oxygen atoms in total. The van der Waals surface area contributed by atoms with Crippen LogP contribution in [-0.4, -0.2) is 54.9 Å². The molecule has 2 aromatic rings. The molecule has 3 heterocycles. The molecular weight excluding hydrogens is 350 g/mol. The molecule has 24 heavy (non-hydrogen) atoms. The molecule has 0 spiro atoms. The molecule has 2 aromatic heterocycles. The van der Waals surface area contributed by atoms with Crippen LogP contribution in [0, 0.1) is 13.8 Å². The highest BCUT2D eigenvalue weighted by atomic mass is 32.2. The molecule has 9 heteroatoms. The van der Waals surface area contributed by atoms with E-state index in [2.05, 4.69) is 5.16 Å². The fraction of sp³-hybridized carbons (Fsp3) is 0.467. The van der Waals surface area contributed by atoms with Crippen LogP contribution < -0.4 is 0 Å². The summed E-state index contributed by atoms with van der Waals surface area (Å²) in [7, 11) is -3.67. The van der Waals surface area contributed by atoms with Gasteiger partial charge in [-0.1, -0.05) is 5.16 Å². The van der Waals surface area contributed by atoms with E-state index in [9.17, 15) is 13.2 Å². The molecule has 1 aliphatic rings. The fourth-order valence-electron chi connectivity index (χ4n) is 2.88. The van der Waals surface area contributed by atoms with Gasteiger partial charge in [-0.2, -0.15) is 15.6 Å². The second-order valence-electron chi connectivity index (χ2n) is 5.72. The lowest BCUT2D eigenvalue weighted by atomic mass is 10.3. The van der Waals surface area contributed by atoms with Gasteiger partial charge in [-0.15, -0.1) is 0 Å². The Labute approximate surface area is 144 Å². The van der Waals surface area contributed by atoms with Crippen molar-refractivity contribution >= 4 is 27.3 Å². The second-order valence-corrected chi connectivity index (χ2v) is 8.37. The maximum absolute atomic E-state index is 12.9. The van der Waals surface area contributed by atoms with E-state index in [1.807, 2.05) is 10.8 Å². The fourth-order valence-corrected chi connectivity index (χ4v) is 5.27. The maximum atomic E-state index is 12.9. The van der Waals surface area contributed by atoms with Crippen LogP contribution >= 0.6 is 11.3 Å². The van der Waals surface area contributed by atoms with Crippen LogP contribution in [-0.2, 0) is 10.0 Å². The van der Waals surface area contributed by atoms with Gasteiger partial charge in [0.2, 0.25) is 10.0 Å². The monoisotopic (exact) mass is 369 g/mol. The Balaban J connectivity index is 1.77. The second kappa shape index (κ2) is 6.66. The lowest BCUT2D eigenvalue weighted by Crippen LogP contribution is -2.37. The molecule has 1 fully saturated rings. The van der Waals surface area contributed by atoms with Crippen LogP contribution in [0.3, 0.4) is 0 Å². The first-order valence-corrected chi connectivity index (χ1v) is 10.0. The standard InChI is InChI=1S/C15H19N3O4S2/c1-11-14(12(2)22-16-11)24(20,21)18-6-3-5-17(7-8-18)15(19)13-4-9-23-10-13/h4,9-10H,3,5-8H2,1-2H3. The number of hydrogen-bond donors (Lipinski definition) is 0. The van der Waals surface area contributed by atoms with E-state index < -0.39 is 10.0 Å². The van der Waals surface area contributed by atoms with Gasteiger partial charge in [-0.25, -0.2) is 8.42 Å². The van der Waals surface area contributed by atoms with Gasteiger partial charge in [0.25, 0.3) is 5.91 Å². The van der Waals surface area contributed by atoms with Crippen molar-refractivity contribution in [3.05, 3.63) is 33.8 Å². The van der Waals surface area contributed by atoms with Crippen LogP contribution in [0.1, 0.15) is 28.2 Å². The predicted molar refractivity (Wildman–Crippen MR) is 89.6 cm³/mol. The highest BCUT2D eigenvalue weighted by molar-refractivity contribution is 7.89. The SMILES string of the molecule is Cc1noc(C)c1S(=O)(=O)N1CCCN(C(=O)c2ccsc2)CC1. The third-order valence-electron chi connectivity index (χ3n) is 4.08. The number of rotatable bonds is 3. The highest BCUT2D eigenvalue weighted by Gasteiger charge is 2.33. The lowest BCUT2D eigenvalue weighted by Gasteiger charge is -2.21. The van der Waals surface area contributed by atoms with Crippen molar-refractivity contribution in [1.82, 2.24) is 14.4 Å². The largest absolute Gasteiger partial charge is 0.360 e. The molecule has 0 radical (unpaired) electrons. The first-order chi connectivity index (χ1) is 11.4. The van der Waals surface area contributed by atoms with Gasteiger partial charge in [0.05, 0.1) is 5.56 Å². The molecule has 0 aromatic carbocycles. The maximum Gasteiger partial charge on any atom is 0.254 e. The highest BCUT2D eigenvalue weighted by Crippen LogP contribution is 2.24. The van der Waals surface area contributed by atoms with Gasteiger partial charge in [-0.05, 0) is 31.7 Å². The third-order valence-corrected chi connectivity index (χ3v) is 6.90. The first-order valence-electron chi connectivity index (χ1n) is 7.66. The number of amides is 1. The number of aromatic nitrogens is 1. The lowest BCUT2D eigenvalue weighted by molar-refractivity contribution is 0.0765. The molecule has 0 saturated carbocycles. The number of carbonyl (C=O) groups is 1. The van der Waals surface area contributed by atoms with E-state index in [-0.39, 0.29) is 17.3 Å². The smallest absolute Gasteiger partial charge is 0.254 e. The minimum atomic E-state index is -3.67. The summed E-state index contributed by atoms with van der Waals surface area (Å²) in [5, 5.41) is 7.40. The quantitative estimate of drug-likeness (QED) is 0.825. The van der Waals surface area contributed by atoms with Crippen LogP contribution in [0.2, 0.25) is 0 Å². The van der Waals surface area contributed by atoms with Crippen LogP contribution in [0.5, 0.6) is 0 Å². The third kappa shape index (κ3) is 3.11. The number of aryl methyl sites for hydroxylation is 2. The van der Waals surface area contributed by atoms with E-state index in [1.54, 1.807) is 24.8 Å². The minimum Gasteiger partial charge on any atom is -0.360 e. The summed E-state index contributed by atoms with van der Waals surface area (Å²) in [5.41, 5.74) is 1.02. The van der Waals surface area contributed by atoms with E-state index in [1.165, 1.54) is 15.6 Å². The Hall–Kier alpha value is -1.71. The topological polar surface area (TPSA) is 83.7 Å². The molecule has 0 unspecified atom stereocenters. The number of thiophene rings is 1. The van der Waals surface area contributed by atoms with Crippen molar-refractivity contribution in [2.45, 2.75) is 25.2 Å². The average molecular weight is 369 g/mol. The Bertz CT molecular complexity index is 808. The summed E-state index contributed by atoms with van der Waals surface area (Å²) in [6, 6.07) is 1.79. The van der Waals surface area contributed by atoms with E-state index >= 15 is 0 Å². The zero-order valence-corrected chi connectivity index (χ0v) is 15.2. The van der Waals surface area contributed by atoms with Gasteiger partial charge in [-0.3, -0.25) is 4.79 Å². The molecule has 0 N–H and O–H groups in total. The number of nitrogens with zero attached hydrogens (tertiary/aromatic N) is 3. The van der Waals surface area contributed by atoms with Crippen molar-refractivity contribution in [2.75, 3.05) is 26.2 Å². The van der Waals surface area contributed by atoms with Crippen LogP contribution in [0.4, 0.5) is 0 Å². The van der Waals surface area contributed by atoms with Gasteiger partial charge >= 0.3 is 0 Å². The van der Waals surface area contributed by atoms with Crippen LogP contribution in [0.15, 0.2) is 26.2 Å². The molecular formula is C15H19N3O4S2. The van der Waals surface area contributed by atoms with E-state index in [4.69, 9.17) is 4.52 Å². The summed E-state index contributed by atoms with van der Waals surface area (Å²) >= 11 is 1.47. The number of carbonyl (C=O) groups excluding carboxylic acids is 1. The molecule has 1 aliphatic heterocycles. The van der Waals surface area contributed by atoms with E-state index in [0.29, 0.717) is 43.1 Å². The normalized spacial score (nSPS) is 17.0. The minimum absolute atomic E-state index is 0.0483. The summed E-state index contributed by atoms with van der Waals surface area (Å²) in [4.78, 5) is 14.3. The van der Waals surface area contributed by atoms with Gasteiger partial charge < -0.3 is 9.42 Å². The molecule has 130 valence electrons. The predicted octanol–water partition coefficient (Wildman–Crippen LogP) is 1.89. The van der Waals surface area contributed by atoms with Crippen molar-refractivity contribution in [3.63, 3.8) is 0 Å². The van der Waals surface area contributed by atoms with Crippen LogP contribution in [0.25, 0.3) is 0 Å². The molecule has 0 bridgehead atoms. The summed E-state index contributed by atoms with van der Waals surface area (Å²) in [6.07, 6.45) is 0.596.